The van der Waals surface area contributed by atoms with Crippen molar-refractivity contribution in [3.05, 3.63) is 60.1 Å². The standard InChI is InChI=1S/C17H19NO4/c19-16(9-8-15-7-4-10-22-15)18-12-14(17(20)21)11-13-5-2-1-3-6-13/h1-7,10,14H,8-9,11-12H2,(H,18,19)(H,20,21). The molecule has 1 unspecified atom stereocenters. The van der Waals surface area contributed by atoms with Crippen LogP contribution in [0.1, 0.15) is 17.7 Å². The van der Waals surface area contributed by atoms with Crippen LogP contribution < -0.4 is 5.32 Å². The molecule has 1 aromatic heterocycles. The molecule has 0 aliphatic rings. The van der Waals surface area contributed by atoms with Crippen LogP contribution >= 0.6 is 0 Å². The molecule has 1 amide bonds. The van der Waals surface area contributed by atoms with Crippen molar-refractivity contribution < 1.29 is 19.1 Å². The first-order valence-electron chi connectivity index (χ1n) is 7.21. The van der Waals surface area contributed by atoms with Gasteiger partial charge in [-0.05, 0) is 24.1 Å². The van der Waals surface area contributed by atoms with Gasteiger partial charge in [-0.3, -0.25) is 9.59 Å². The second-order valence-corrected chi connectivity index (χ2v) is 5.11. The normalized spacial score (nSPS) is 11.8. The van der Waals surface area contributed by atoms with Crippen LogP contribution in [0.5, 0.6) is 0 Å². The van der Waals surface area contributed by atoms with Crippen molar-refractivity contribution in [2.24, 2.45) is 5.92 Å². The van der Waals surface area contributed by atoms with Gasteiger partial charge in [0.1, 0.15) is 5.76 Å². The van der Waals surface area contributed by atoms with Crippen molar-refractivity contribution in [1.29, 1.82) is 0 Å². The van der Waals surface area contributed by atoms with Crippen LogP contribution in [0.2, 0.25) is 0 Å². The number of hydrogen-bond donors (Lipinski definition) is 2. The number of furan rings is 1. The second-order valence-electron chi connectivity index (χ2n) is 5.11. The van der Waals surface area contributed by atoms with E-state index in [-0.39, 0.29) is 18.9 Å². The summed E-state index contributed by atoms with van der Waals surface area (Å²) >= 11 is 0. The number of aryl methyl sites for hydroxylation is 1. The summed E-state index contributed by atoms with van der Waals surface area (Å²) in [6.45, 7) is 0.126. The molecule has 2 rings (SSSR count). The van der Waals surface area contributed by atoms with E-state index in [0.717, 1.165) is 11.3 Å². The van der Waals surface area contributed by atoms with E-state index >= 15 is 0 Å². The van der Waals surface area contributed by atoms with Gasteiger partial charge >= 0.3 is 5.97 Å². The summed E-state index contributed by atoms with van der Waals surface area (Å²) in [4.78, 5) is 23.1. The number of carbonyl (C=O) groups excluding carboxylic acids is 1. The van der Waals surface area contributed by atoms with Crippen LogP contribution in [0.15, 0.2) is 53.1 Å². The first-order chi connectivity index (χ1) is 10.6. The molecule has 0 saturated carbocycles. The zero-order valence-electron chi connectivity index (χ0n) is 12.2. The highest BCUT2D eigenvalue weighted by Gasteiger charge is 2.18. The third-order valence-electron chi connectivity index (χ3n) is 3.40. The zero-order chi connectivity index (χ0) is 15.8. The van der Waals surface area contributed by atoms with Gasteiger partial charge in [0.25, 0.3) is 0 Å². The molecule has 0 bridgehead atoms. The molecule has 2 N–H and O–H groups in total. The fourth-order valence-corrected chi connectivity index (χ4v) is 2.16. The summed E-state index contributed by atoms with van der Waals surface area (Å²) < 4.78 is 5.15. The monoisotopic (exact) mass is 301 g/mol. The lowest BCUT2D eigenvalue weighted by Crippen LogP contribution is -2.34. The van der Waals surface area contributed by atoms with Crippen molar-refractivity contribution in [3.63, 3.8) is 0 Å². The van der Waals surface area contributed by atoms with Crippen LogP contribution in [0.4, 0.5) is 0 Å². The summed E-state index contributed by atoms with van der Waals surface area (Å²) in [6.07, 6.45) is 2.75. The predicted octanol–water partition coefficient (Wildman–Crippen LogP) is 2.27. The minimum Gasteiger partial charge on any atom is -0.481 e. The summed E-state index contributed by atoms with van der Waals surface area (Å²) in [7, 11) is 0. The van der Waals surface area contributed by atoms with E-state index in [4.69, 9.17) is 4.42 Å². The summed E-state index contributed by atoms with van der Waals surface area (Å²) in [5.74, 6) is -0.963. The van der Waals surface area contributed by atoms with Gasteiger partial charge in [0.2, 0.25) is 5.91 Å². The smallest absolute Gasteiger partial charge is 0.308 e. The number of nitrogens with one attached hydrogen (secondary N) is 1. The van der Waals surface area contributed by atoms with Gasteiger partial charge in [-0.15, -0.1) is 0 Å². The molecule has 5 nitrogen and oxygen atoms in total. The molecule has 0 spiro atoms. The molecule has 5 heteroatoms. The Balaban J connectivity index is 1.78. The van der Waals surface area contributed by atoms with E-state index in [1.807, 2.05) is 36.4 Å². The molecule has 1 aromatic carbocycles. The number of benzene rings is 1. The van der Waals surface area contributed by atoms with E-state index < -0.39 is 11.9 Å². The van der Waals surface area contributed by atoms with Crippen LogP contribution in [0.3, 0.4) is 0 Å². The number of amides is 1. The summed E-state index contributed by atoms with van der Waals surface area (Å²) in [5, 5.41) is 11.9. The van der Waals surface area contributed by atoms with Crippen molar-refractivity contribution in [3.8, 4) is 0 Å². The number of aliphatic carboxylic acids is 1. The van der Waals surface area contributed by atoms with Crippen LogP contribution in [0, 0.1) is 5.92 Å². The average molecular weight is 301 g/mol. The van der Waals surface area contributed by atoms with Gasteiger partial charge in [-0.1, -0.05) is 30.3 Å². The molecule has 0 aliphatic heterocycles. The predicted molar refractivity (Wildman–Crippen MR) is 81.3 cm³/mol. The van der Waals surface area contributed by atoms with Gasteiger partial charge in [0, 0.05) is 19.4 Å². The summed E-state index contributed by atoms with van der Waals surface area (Å²) in [6, 6.07) is 13.0. The molecular formula is C17H19NO4. The van der Waals surface area contributed by atoms with E-state index in [0.29, 0.717) is 12.8 Å². The molecule has 0 aliphatic carbocycles. The molecule has 2 aromatic rings. The maximum absolute atomic E-state index is 11.8. The van der Waals surface area contributed by atoms with Gasteiger partial charge < -0.3 is 14.8 Å². The quantitative estimate of drug-likeness (QED) is 0.784. The topological polar surface area (TPSA) is 79.5 Å². The lowest BCUT2D eigenvalue weighted by Gasteiger charge is -2.13. The first kappa shape index (κ1) is 15.8. The van der Waals surface area contributed by atoms with Gasteiger partial charge in [-0.2, -0.15) is 0 Å². The molecule has 1 heterocycles. The Labute approximate surface area is 129 Å². The largest absolute Gasteiger partial charge is 0.481 e. The number of carboxylic acid groups (broad SMARTS) is 1. The molecule has 0 radical (unpaired) electrons. The summed E-state index contributed by atoms with van der Waals surface area (Å²) in [5.41, 5.74) is 0.944. The Bertz CT molecular complexity index is 592. The van der Waals surface area contributed by atoms with Crippen LogP contribution in [-0.2, 0) is 22.4 Å². The Morgan fingerprint density at radius 3 is 2.55 bits per heavy atom. The fourth-order valence-electron chi connectivity index (χ4n) is 2.16. The first-order valence-corrected chi connectivity index (χ1v) is 7.21. The third-order valence-corrected chi connectivity index (χ3v) is 3.40. The van der Waals surface area contributed by atoms with Crippen LogP contribution in [0.25, 0.3) is 0 Å². The fraction of sp³-hybridized carbons (Fsp3) is 0.294. The minimum absolute atomic E-state index is 0.126. The van der Waals surface area contributed by atoms with Gasteiger partial charge in [0.15, 0.2) is 0 Å². The molecule has 1 atom stereocenters. The van der Waals surface area contributed by atoms with Crippen molar-refractivity contribution in [2.45, 2.75) is 19.3 Å². The Morgan fingerprint density at radius 1 is 1.14 bits per heavy atom. The second kappa shape index (κ2) is 8.02. The molecule has 0 fully saturated rings. The number of hydrogen-bond acceptors (Lipinski definition) is 3. The third kappa shape index (κ3) is 5.09. The molecule has 116 valence electrons. The number of carboxylic acids is 1. The maximum atomic E-state index is 11.8. The van der Waals surface area contributed by atoms with Crippen molar-refractivity contribution in [1.82, 2.24) is 5.32 Å². The van der Waals surface area contributed by atoms with E-state index in [2.05, 4.69) is 5.32 Å². The lowest BCUT2D eigenvalue weighted by atomic mass is 9.99. The minimum atomic E-state index is -0.907. The Hall–Kier alpha value is -2.56. The highest BCUT2D eigenvalue weighted by molar-refractivity contribution is 5.77. The average Bonchev–Trinajstić information content (AvgIpc) is 3.03. The van der Waals surface area contributed by atoms with Crippen molar-refractivity contribution >= 4 is 11.9 Å². The van der Waals surface area contributed by atoms with Crippen molar-refractivity contribution in [2.75, 3.05) is 6.54 Å². The Kier molecular flexibility index (Phi) is 5.77. The van der Waals surface area contributed by atoms with E-state index in [1.54, 1.807) is 12.3 Å². The van der Waals surface area contributed by atoms with Crippen LogP contribution in [-0.4, -0.2) is 23.5 Å². The van der Waals surface area contributed by atoms with Gasteiger partial charge in [0.05, 0.1) is 12.2 Å². The number of carbonyl (C=O) groups is 2. The van der Waals surface area contributed by atoms with Gasteiger partial charge in [-0.25, -0.2) is 0 Å². The molecule has 0 saturated heterocycles. The Morgan fingerprint density at radius 2 is 1.91 bits per heavy atom. The van der Waals surface area contributed by atoms with E-state index in [9.17, 15) is 14.7 Å². The molecule has 22 heavy (non-hydrogen) atoms. The zero-order valence-corrected chi connectivity index (χ0v) is 12.2. The highest BCUT2D eigenvalue weighted by Crippen LogP contribution is 2.09. The lowest BCUT2D eigenvalue weighted by molar-refractivity contribution is -0.141. The molecular weight excluding hydrogens is 282 g/mol. The maximum Gasteiger partial charge on any atom is 0.308 e. The van der Waals surface area contributed by atoms with E-state index in [1.165, 1.54) is 0 Å². The SMILES string of the molecule is O=C(CCc1ccco1)NCC(Cc1ccccc1)C(=O)O. The highest BCUT2D eigenvalue weighted by atomic mass is 16.4. The number of rotatable bonds is 8.